The molecule has 0 fully saturated rings. The second-order valence-corrected chi connectivity index (χ2v) is 7.60. The maximum absolute atomic E-state index is 12.9. The lowest BCUT2D eigenvalue weighted by Gasteiger charge is -2.34. The minimum atomic E-state index is -0.712. The largest absolute Gasteiger partial charge is 0.477 e. The van der Waals surface area contributed by atoms with Gasteiger partial charge in [0.2, 0.25) is 5.91 Å². The van der Waals surface area contributed by atoms with Crippen molar-refractivity contribution in [3.8, 4) is 5.75 Å². The van der Waals surface area contributed by atoms with Gasteiger partial charge in [-0.1, -0.05) is 30.7 Å². The van der Waals surface area contributed by atoms with Gasteiger partial charge in [0.25, 0.3) is 5.91 Å². The summed E-state index contributed by atoms with van der Waals surface area (Å²) in [7, 11) is 0. The first-order valence-corrected chi connectivity index (χ1v) is 10.2. The summed E-state index contributed by atoms with van der Waals surface area (Å²) in [6, 6.07) is 14.7. The monoisotopic (exact) mass is 404 g/mol. The van der Waals surface area contributed by atoms with E-state index in [0.29, 0.717) is 23.0 Å². The number of fused-ring (bicyclic) bond motifs is 1. The topological polar surface area (TPSA) is 58.6 Å². The summed E-state index contributed by atoms with van der Waals surface area (Å²) in [4.78, 5) is 27.8. The van der Waals surface area contributed by atoms with E-state index in [-0.39, 0.29) is 24.1 Å². The molecule has 2 aromatic carbocycles. The van der Waals surface area contributed by atoms with Gasteiger partial charge in [0.15, 0.2) is 6.10 Å². The molecule has 0 bridgehead atoms. The summed E-state index contributed by atoms with van der Waals surface area (Å²) in [5.41, 5.74) is 0.693. The molecule has 2 aromatic rings. The van der Waals surface area contributed by atoms with E-state index in [2.05, 4.69) is 5.32 Å². The number of nitrogens with one attached hydrogen (secondary N) is 1. The molecule has 1 aliphatic heterocycles. The standard InChI is InChI=1S/C20H21ClN2O3S/c1-2-11-22-20(25)18-12-23(16-5-3-4-6-17(16)26-18)19(24)13-27-15-9-7-14(21)8-10-15/h3-10,18H,2,11-13H2,1H3,(H,22,25). The predicted molar refractivity (Wildman–Crippen MR) is 109 cm³/mol. The molecular formula is C20H21ClN2O3S. The smallest absolute Gasteiger partial charge is 0.262 e. The van der Waals surface area contributed by atoms with Crippen LogP contribution in [0.15, 0.2) is 53.4 Å². The maximum Gasteiger partial charge on any atom is 0.262 e. The fraction of sp³-hybridized carbons (Fsp3) is 0.300. The molecule has 1 N–H and O–H groups in total. The van der Waals surface area contributed by atoms with Crippen LogP contribution in [-0.2, 0) is 9.59 Å². The highest BCUT2D eigenvalue weighted by atomic mass is 35.5. The van der Waals surface area contributed by atoms with Gasteiger partial charge < -0.3 is 15.0 Å². The number of carbonyl (C=O) groups is 2. The highest BCUT2D eigenvalue weighted by Crippen LogP contribution is 2.34. The van der Waals surface area contributed by atoms with Crippen LogP contribution in [0.5, 0.6) is 5.75 Å². The number of halogens is 1. The number of hydrogen-bond donors (Lipinski definition) is 1. The van der Waals surface area contributed by atoms with Gasteiger partial charge in [0.1, 0.15) is 5.75 Å². The fourth-order valence-electron chi connectivity index (χ4n) is 2.72. The van der Waals surface area contributed by atoms with Crippen molar-refractivity contribution in [2.75, 3.05) is 23.7 Å². The number of carbonyl (C=O) groups excluding carboxylic acids is 2. The Hall–Kier alpha value is -2.18. The van der Waals surface area contributed by atoms with Crippen LogP contribution in [0.3, 0.4) is 0 Å². The van der Waals surface area contributed by atoms with Crippen molar-refractivity contribution >= 4 is 40.9 Å². The Morgan fingerprint density at radius 3 is 2.70 bits per heavy atom. The third-order valence-electron chi connectivity index (χ3n) is 4.09. The van der Waals surface area contributed by atoms with E-state index in [1.807, 2.05) is 37.3 Å². The number of benzene rings is 2. The lowest BCUT2D eigenvalue weighted by Crippen LogP contribution is -2.51. The van der Waals surface area contributed by atoms with Gasteiger partial charge >= 0.3 is 0 Å². The number of para-hydroxylation sites is 2. The SMILES string of the molecule is CCCNC(=O)C1CN(C(=O)CSc2ccc(Cl)cc2)c2ccccc2O1. The van der Waals surface area contributed by atoms with Gasteiger partial charge in [-0.15, -0.1) is 11.8 Å². The third-order valence-corrected chi connectivity index (χ3v) is 5.34. The quantitative estimate of drug-likeness (QED) is 0.745. The minimum Gasteiger partial charge on any atom is -0.477 e. The summed E-state index contributed by atoms with van der Waals surface area (Å²) in [5, 5.41) is 3.50. The molecule has 3 rings (SSSR count). The molecule has 7 heteroatoms. The molecule has 0 aliphatic carbocycles. The van der Waals surface area contributed by atoms with Crippen LogP contribution in [-0.4, -0.2) is 36.8 Å². The zero-order chi connectivity index (χ0) is 19.2. The highest BCUT2D eigenvalue weighted by molar-refractivity contribution is 8.00. The van der Waals surface area contributed by atoms with E-state index < -0.39 is 6.10 Å². The molecular weight excluding hydrogens is 384 g/mol. The zero-order valence-corrected chi connectivity index (χ0v) is 16.6. The number of anilines is 1. The summed E-state index contributed by atoms with van der Waals surface area (Å²) in [5.74, 6) is 0.540. The average molecular weight is 405 g/mol. The molecule has 0 saturated carbocycles. The fourth-order valence-corrected chi connectivity index (χ4v) is 3.62. The molecule has 2 amide bonds. The van der Waals surface area contributed by atoms with Crippen molar-refractivity contribution in [2.24, 2.45) is 0 Å². The van der Waals surface area contributed by atoms with E-state index in [1.54, 1.807) is 23.1 Å². The van der Waals surface area contributed by atoms with Crippen molar-refractivity contribution < 1.29 is 14.3 Å². The van der Waals surface area contributed by atoms with Crippen molar-refractivity contribution in [2.45, 2.75) is 24.3 Å². The van der Waals surface area contributed by atoms with E-state index in [4.69, 9.17) is 16.3 Å². The van der Waals surface area contributed by atoms with Crippen LogP contribution in [0.2, 0.25) is 5.02 Å². The number of nitrogens with zero attached hydrogens (tertiary/aromatic N) is 1. The van der Waals surface area contributed by atoms with Crippen LogP contribution in [0, 0.1) is 0 Å². The molecule has 1 unspecified atom stereocenters. The Morgan fingerprint density at radius 2 is 1.96 bits per heavy atom. The molecule has 5 nitrogen and oxygen atoms in total. The van der Waals surface area contributed by atoms with Crippen LogP contribution in [0.4, 0.5) is 5.69 Å². The van der Waals surface area contributed by atoms with E-state index in [9.17, 15) is 9.59 Å². The number of amides is 2. The summed E-state index contributed by atoms with van der Waals surface area (Å²) < 4.78 is 5.82. The first-order chi connectivity index (χ1) is 13.1. The second kappa shape index (κ2) is 9.15. The molecule has 0 aromatic heterocycles. The summed E-state index contributed by atoms with van der Waals surface area (Å²) >= 11 is 7.34. The van der Waals surface area contributed by atoms with Gasteiger partial charge in [-0.25, -0.2) is 0 Å². The second-order valence-electron chi connectivity index (χ2n) is 6.11. The summed E-state index contributed by atoms with van der Waals surface area (Å²) in [6.45, 7) is 2.77. The van der Waals surface area contributed by atoms with Crippen LogP contribution in [0.1, 0.15) is 13.3 Å². The van der Waals surface area contributed by atoms with Crippen molar-refractivity contribution in [1.29, 1.82) is 0 Å². The highest BCUT2D eigenvalue weighted by Gasteiger charge is 2.33. The first kappa shape index (κ1) is 19.6. The molecule has 0 saturated heterocycles. The average Bonchev–Trinajstić information content (AvgIpc) is 2.70. The first-order valence-electron chi connectivity index (χ1n) is 8.80. The van der Waals surface area contributed by atoms with Gasteiger partial charge in [0, 0.05) is 16.5 Å². The van der Waals surface area contributed by atoms with Crippen molar-refractivity contribution in [3.05, 3.63) is 53.6 Å². The molecule has 142 valence electrons. The van der Waals surface area contributed by atoms with E-state index in [1.165, 1.54) is 11.8 Å². The van der Waals surface area contributed by atoms with Gasteiger partial charge in [-0.2, -0.15) is 0 Å². The molecule has 1 heterocycles. The lowest BCUT2D eigenvalue weighted by molar-refractivity contribution is -0.128. The number of hydrogen-bond acceptors (Lipinski definition) is 4. The minimum absolute atomic E-state index is 0.0704. The normalized spacial score (nSPS) is 15.6. The Labute approximate surface area is 168 Å². The summed E-state index contributed by atoms with van der Waals surface area (Å²) in [6.07, 6.45) is 0.131. The lowest BCUT2D eigenvalue weighted by atomic mass is 10.1. The Bertz CT molecular complexity index is 813. The van der Waals surface area contributed by atoms with Crippen LogP contribution in [0.25, 0.3) is 0 Å². The van der Waals surface area contributed by atoms with Gasteiger partial charge in [-0.3, -0.25) is 9.59 Å². The predicted octanol–water partition coefficient (Wildman–Crippen LogP) is 3.75. The van der Waals surface area contributed by atoms with Crippen LogP contribution >= 0.6 is 23.4 Å². The van der Waals surface area contributed by atoms with Crippen LogP contribution < -0.4 is 15.0 Å². The Morgan fingerprint density at radius 1 is 1.22 bits per heavy atom. The Balaban J connectivity index is 1.72. The third kappa shape index (κ3) is 4.96. The number of thioether (sulfide) groups is 1. The number of rotatable bonds is 6. The van der Waals surface area contributed by atoms with Crippen molar-refractivity contribution in [1.82, 2.24) is 5.32 Å². The Kier molecular flexibility index (Phi) is 6.63. The van der Waals surface area contributed by atoms with E-state index in [0.717, 1.165) is 11.3 Å². The molecule has 0 radical (unpaired) electrons. The molecule has 0 spiro atoms. The van der Waals surface area contributed by atoms with Gasteiger partial charge in [0.05, 0.1) is 18.0 Å². The van der Waals surface area contributed by atoms with E-state index >= 15 is 0 Å². The van der Waals surface area contributed by atoms with Gasteiger partial charge in [-0.05, 0) is 42.8 Å². The number of ether oxygens (including phenoxy) is 1. The maximum atomic E-state index is 12.9. The molecule has 1 atom stereocenters. The molecule has 27 heavy (non-hydrogen) atoms. The molecule has 1 aliphatic rings. The zero-order valence-electron chi connectivity index (χ0n) is 15.0. The van der Waals surface area contributed by atoms with Crippen molar-refractivity contribution in [3.63, 3.8) is 0 Å².